The number of carboxylic acid groups (broad SMARTS) is 1. The Labute approximate surface area is 169 Å². The van der Waals surface area contributed by atoms with Gasteiger partial charge in [-0.2, -0.15) is 5.10 Å². The number of nitrogens with zero attached hydrogens (tertiary/aromatic N) is 3. The SMILES string of the molecule is Cc1cc(C)n(Cc2ccc(C(=O)N3CCc4ccccc4C3C(=O)O)cc2)n1. The molecule has 0 saturated carbocycles. The lowest BCUT2D eigenvalue weighted by Gasteiger charge is -2.34. The first-order chi connectivity index (χ1) is 13.9. The van der Waals surface area contributed by atoms with Crippen LogP contribution in [0.4, 0.5) is 0 Å². The van der Waals surface area contributed by atoms with Crippen LogP contribution in [0.25, 0.3) is 0 Å². The molecular weight excluding hydrogens is 366 g/mol. The van der Waals surface area contributed by atoms with E-state index >= 15 is 0 Å². The summed E-state index contributed by atoms with van der Waals surface area (Å²) in [7, 11) is 0. The maximum Gasteiger partial charge on any atom is 0.331 e. The van der Waals surface area contributed by atoms with E-state index in [1.807, 2.05) is 54.9 Å². The summed E-state index contributed by atoms with van der Waals surface area (Å²) in [6.45, 7) is 4.99. The number of amides is 1. The number of carboxylic acids is 1. The smallest absolute Gasteiger partial charge is 0.331 e. The van der Waals surface area contributed by atoms with Crippen LogP contribution in [0.1, 0.15) is 44.5 Å². The molecule has 0 radical (unpaired) electrons. The lowest BCUT2D eigenvalue weighted by atomic mass is 9.92. The summed E-state index contributed by atoms with van der Waals surface area (Å²) < 4.78 is 1.92. The van der Waals surface area contributed by atoms with Gasteiger partial charge in [0.15, 0.2) is 6.04 Å². The highest BCUT2D eigenvalue weighted by atomic mass is 16.4. The molecule has 0 spiro atoms. The van der Waals surface area contributed by atoms with Crippen LogP contribution in [0.5, 0.6) is 0 Å². The molecule has 2 heterocycles. The van der Waals surface area contributed by atoms with E-state index in [4.69, 9.17) is 0 Å². The monoisotopic (exact) mass is 389 g/mol. The van der Waals surface area contributed by atoms with Gasteiger partial charge in [0.25, 0.3) is 5.91 Å². The van der Waals surface area contributed by atoms with Crippen molar-refractivity contribution in [3.05, 3.63) is 88.2 Å². The highest BCUT2D eigenvalue weighted by molar-refractivity contribution is 5.97. The van der Waals surface area contributed by atoms with E-state index in [1.54, 1.807) is 18.2 Å². The fourth-order valence-corrected chi connectivity index (χ4v) is 3.98. The summed E-state index contributed by atoms with van der Waals surface area (Å²) >= 11 is 0. The molecule has 4 rings (SSSR count). The van der Waals surface area contributed by atoms with Crippen molar-refractivity contribution >= 4 is 11.9 Å². The van der Waals surface area contributed by atoms with Crippen molar-refractivity contribution in [2.24, 2.45) is 0 Å². The van der Waals surface area contributed by atoms with Crippen molar-refractivity contribution in [1.29, 1.82) is 0 Å². The van der Waals surface area contributed by atoms with Gasteiger partial charge in [0, 0.05) is 17.8 Å². The third-order valence-electron chi connectivity index (χ3n) is 5.41. The number of aliphatic carboxylic acids is 1. The van der Waals surface area contributed by atoms with Crippen molar-refractivity contribution < 1.29 is 14.7 Å². The van der Waals surface area contributed by atoms with Gasteiger partial charge in [-0.05, 0) is 55.2 Å². The van der Waals surface area contributed by atoms with E-state index in [1.165, 1.54) is 4.90 Å². The second-order valence-electron chi connectivity index (χ2n) is 7.47. The number of hydrogen-bond acceptors (Lipinski definition) is 3. The Hall–Kier alpha value is -3.41. The topological polar surface area (TPSA) is 75.4 Å². The predicted molar refractivity (Wildman–Crippen MR) is 109 cm³/mol. The van der Waals surface area contributed by atoms with Gasteiger partial charge in [-0.25, -0.2) is 4.79 Å². The van der Waals surface area contributed by atoms with Crippen molar-refractivity contribution in [3.63, 3.8) is 0 Å². The molecule has 0 fully saturated rings. The Kier molecular flexibility index (Phi) is 4.92. The van der Waals surface area contributed by atoms with Crippen LogP contribution in [0.3, 0.4) is 0 Å². The summed E-state index contributed by atoms with van der Waals surface area (Å²) in [5.74, 6) is -1.27. The third kappa shape index (κ3) is 3.66. The fourth-order valence-electron chi connectivity index (χ4n) is 3.98. The summed E-state index contributed by atoms with van der Waals surface area (Å²) in [4.78, 5) is 26.5. The lowest BCUT2D eigenvalue weighted by molar-refractivity contribution is -0.143. The Morgan fingerprint density at radius 3 is 2.48 bits per heavy atom. The van der Waals surface area contributed by atoms with Crippen molar-refractivity contribution in [2.75, 3.05) is 6.54 Å². The van der Waals surface area contributed by atoms with Crippen LogP contribution in [-0.4, -0.2) is 38.2 Å². The minimum absolute atomic E-state index is 0.260. The van der Waals surface area contributed by atoms with Gasteiger partial charge in [0.1, 0.15) is 0 Å². The maximum atomic E-state index is 13.1. The molecule has 1 unspecified atom stereocenters. The Balaban J connectivity index is 1.56. The molecule has 2 aromatic carbocycles. The van der Waals surface area contributed by atoms with Crippen molar-refractivity contribution in [1.82, 2.24) is 14.7 Å². The average molecular weight is 389 g/mol. The molecule has 0 aliphatic carbocycles. The minimum atomic E-state index is -1.01. The van der Waals surface area contributed by atoms with E-state index in [9.17, 15) is 14.7 Å². The summed E-state index contributed by atoms with van der Waals surface area (Å²) in [6, 6.07) is 15.8. The lowest BCUT2D eigenvalue weighted by Crippen LogP contribution is -2.43. The van der Waals surface area contributed by atoms with Crippen molar-refractivity contribution in [3.8, 4) is 0 Å². The molecule has 1 atom stereocenters. The van der Waals surface area contributed by atoms with E-state index in [-0.39, 0.29) is 5.91 Å². The summed E-state index contributed by atoms with van der Waals surface area (Å²) in [5, 5.41) is 14.2. The van der Waals surface area contributed by atoms with E-state index < -0.39 is 12.0 Å². The standard InChI is InChI=1S/C23H23N3O3/c1-15-13-16(2)26(24-15)14-17-7-9-19(10-8-17)22(27)25-12-11-18-5-3-4-6-20(18)21(25)23(28)29/h3-10,13,21H,11-12,14H2,1-2H3,(H,28,29). The maximum absolute atomic E-state index is 13.1. The minimum Gasteiger partial charge on any atom is -0.479 e. The Morgan fingerprint density at radius 2 is 1.83 bits per heavy atom. The van der Waals surface area contributed by atoms with Crippen LogP contribution >= 0.6 is 0 Å². The van der Waals surface area contributed by atoms with Gasteiger partial charge in [-0.15, -0.1) is 0 Å². The zero-order valence-electron chi connectivity index (χ0n) is 16.5. The number of carbonyl (C=O) groups is 2. The van der Waals surface area contributed by atoms with Crippen molar-refractivity contribution in [2.45, 2.75) is 32.9 Å². The first-order valence-electron chi connectivity index (χ1n) is 9.65. The summed E-state index contributed by atoms with van der Waals surface area (Å²) in [6.07, 6.45) is 0.654. The van der Waals surface area contributed by atoms with Gasteiger partial charge >= 0.3 is 5.97 Å². The van der Waals surface area contributed by atoms with E-state index in [0.29, 0.717) is 30.6 Å². The fraction of sp³-hybridized carbons (Fsp3) is 0.261. The van der Waals surface area contributed by atoms with Crippen LogP contribution in [-0.2, 0) is 17.8 Å². The highest BCUT2D eigenvalue weighted by Crippen LogP contribution is 2.31. The molecule has 29 heavy (non-hydrogen) atoms. The molecule has 1 aromatic heterocycles. The molecule has 1 amide bonds. The molecular formula is C23H23N3O3. The molecule has 0 bridgehead atoms. The van der Waals surface area contributed by atoms with Gasteiger partial charge in [0.05, 0.1) is 12.2 Å². The zero-order chi connectivity index (χ0) is 20.5. The molecule has 6 nitrogen and oxygen atoms in total. The van der Waals surface area contributed by atoms with E-state index in [0.717, 1.165) is 22.5 Å². The molecule has 0 saturated heterocycles. The number of fused-ring (bicyclic) bond motifs is 1. The zero-order valence-corrected chi connectivity index (χ0v) is 16.5. The largest absolute Gasteiger partial charge is 0.479 e. The first kappa shape index (κ1) is 18.9. The van der Waals surface area contributed by atoms with Crippen LogP contribution in [0, 0.1) is 13.8 Å². The van der Waals surface area contributed by atoms with Gasteiger partial charge in [-0.3, -0.25) is 9.48 Å². The quantitative estimate of drug-likeness (QED) is 0.742. The molecule has 1 N–H and O–H groups in total. The molecule has 1 aliphatic heterocycles. The Morgan fingerprint density at radius 1 is 1.10 bits per heavy atom. The molecule has 6 heteroatoms. The number of aromatic nitrogens is 2. The molecule has 148 valence electrons. The van der Waals surface area contributed by atoms with Gasteiger partial charge in [-0.1, -0.05) is 36.4 Å². The number of rotatable bonds is 4. The first-order valence-corrected chi connectivity index (χ1v) is 9.65. The van der Waals surface area contributed by atoms with E-state index in [2.05, 4.69) is 5.10 Å². The molecule has 3 aromatic rings. The summed E-state index contributed by atoms with van der Waals surface area (Å²) in [5.41, 5.74) is 5.27. The number of hydrogen-bond donors (Lipinski definition) is 1. The van der Waals surface area contributed by atoms with Gasteiger partial charge < -0.3 is 10.0 Å². The number of carbonyl (C=O) groups excluding carboxylic acids is 1. The van der Waals surface area contributed by atoms with Crippen LogP contribution < -0.4 is 0 Å². The second kappa shape index (κ2) is 7.54. The molecule has 1 aliphatic rings. The number of aryl methyl sites for hydroxylation is 2. The highest BCUT2D eigenvalue weighted by Gasteiger charge is 2.36. The Bertz CT molecular complexity index is 1070. The normalized spacial score (nSPS) is 15.8. The number of benzene rings is 2. The van der Waals surface area contributed by atoms with Crippen LogP contribution in [0.15, 0.2) is 54.6 Å². The van der Waals surface area contributed by atoms with Crippen LogP contribution in [0.2, 0.25) is 0 Å². The third-order valence-corrected chi connectivity index (χ3v) is 5.41. The average Bonchev–Trinajstić information content (AvgIpc) is 3.03. The van der Waals surface area contributed by atoms with Gasteiger partial charge in [0.2, 0.25) is 0 Å². The predicted octanol–water partition coefficient (Wildman–Crippen LogP) is 3.37. The second-order valence-corrected chi connectivity index (χ2v) is 7.47.